The number of piperazine rings is 1. The highest BCUT2D eigenvalue weighted by Gasteiger charge is 2.25. The van der Waals surface area contributed by atoms with Crippen LogP contribution in [0.2, 0.25) is 0 Å². The Bertz CT molecular complexity index is 936. The predicted molar refractivity (Wildman–Crippen MR) is 101 cm³/mol. The molecule has 2 aliphatic rings. The van der Waals surface area contributed by atoms with Crippen LogP contribution in [0.25, 0.3) is 11.4 Å². The molecule has 3 heterocycles. The van der Waals surface area contributed by atoms with Gasteiger partial charge in [-0.2, -0.15) is 4.98 Å². The first-order valence-electron chi connectivity index (χ1n) is 9.77. The zero-order valence-corrected chi connectivity index (χ0v) is 15.7. The summed E-state index contributed by atoms with van der Waals surface area (Å²) in [6.45, 7) is 6.59. The third-order valence-corrected chi connectivity index (χ3v) is 5.46. The van der Waals surface area contributed by atoms with Gasteiger partial charge in [0.25, 0.3) is 5.89 Å². The topological polar surface area (TPSA) is 66.3 Å². The van der Waals surface area contributed by atoms with Gasteiger partial charge in [0, 0.05) is 11.1 Å². The van der Waals surface area contributed by atoms with Crippen molar-refractivity contribution in [3.63, 3.8) is 0 Å². The lowest BCUT2D eigenvalue weighted by Crippen LogP contribution is -3.27. The molecular formula is C21H24N4O3+2. The van der Waals surface area contributed by atoms with Gasteiger partial charge in [0.1, 0.15) is 32.7 Å². The molecule has 0 unspecified atom stereocenters. The van der Waals surface area contributed by atoms with Crippen LogP contribution >= 0.6 is 0 Å². The van der Waals surface area contributed by atoms with E-state index in [1.54, 1.807) is 4.90 Å². The van der Waals surface area contributed by atoms with Gasteiger partial charge in [-0.3, -0.25) is 0 Å². The summed E-state index contributed by atoms with van der Waals surface area (Å²) < 4.78 is 16.4. The maximum Gasteiger partial charge on any atom is 0.282 e. The molecule has 3 aromatic rings. The molecule has 1 fully saturated rings. The highest BCUT2D eigenvalue weighted by Crippen LogP contribution is 2.32. The number of aromatic nitrogens is 2. The number of nitrogens with one attached hydrogen (secondary N) is 2. The van der Waals surface area contributed by atoms with Crippen LogP contribution < -0.4 is 19.3 Å². The molecule has 5 rings (SSSR count). The number of quaternary nitrogens is 2. The molecule has 1 saturated heterocycles. The maximum absolute atomic E-state index is 5.49. The van der Waals surface area contributed by atoms with E-state index in [0.717, 1.165) is 56.3 Å². The average Bonchev–Trinajstić information content (AvgIpc) is 3.39. The van der Waals surface area contributed by atoms with Crippen molar-refractivity contribution in [1.29, 1.82) is 0 Å². The molecule has 2 aromatic carbocycles. The summed E-state index contributed by atoms with van der Waals surface area (Å²) in [6.07, 6.45) is 0. The number of nitrogens with zero attached hydrogens (tertiary/aromatic N) is 2. The van der Waals surface area contributed by atoms with E-state index in [0.29, 0.717) is 18.5 Å². The molecule has 0 bridgehead atoms. The second-order valence-electron chi connectivity index (χ2n) is 7.42. The molecule has 2 aliphatic heterocycles. The summed E-state index contributed by atoms with van der Waals surface area (Å²) in [7, 11) is 0. The third kappa shape index (κ3) is 3.72. The van der Waals surface area contributed by atoms with Gasteiger partial charge in [0.05, 0.1) is 0 Å². The van der Waals surface area contributed by atoms with Gasteiger partial charge in [0.15, 0.2) is 18.0 Å². The fourth-order valence-electron chi connectivity index (χ4n) is 3.90. The minimum absolute atomic E-state index is 0.329. The van der Waals surface area contributed by atoms with Gasteiger partial charge in [-0.05, 0) is 18.2 Å². The fourth-order valence-corrected chi connectivity index (χ4v) is 3.90. The Kier molecular flexibility index (Phi) is 4.68. The Hall–Kier alpha value is -2.90. The summed E-state index contributed by atoms with van der Waals surface area (Å²) in [4.78, 5) is 7.66. The fraction of sp³-hybridized carbons (Fsp3) is 0.333. The van der Waals surface area contributed by atoms with E-state index >= 15 is 0 Å². The van der Waals surface area contributed by atoms with Gasteiger partial charge in [-0.15, -0.1) is 0 Å². The SMILES string of the molecule is c1ccc(-c2noc(C[NH+]3CC[NH+](Cc4ccc5c(c4)OCO5)CC3)n2)cc1. The Labute approximate surface area is 163 Å². The Morgan fingerprint density at radius 1 is 0.821 bits per heavy atom. The third-order valence-electron chi connectivity index (χ3n) is 5.46. The number of fused-ring (bicyclic) bond motifs is 1. The summed E-state index contributed by atoms with van der Waals surface area (Å²) in [5.74, 6) is 3.10. The van der Waals surface area contributed by atoms with E-state index in [1.165, 1.54) is 10.5 Å². The van der Waals surface area contributed by atoms with Crippen molar-refractivity contribution in [3.8, 4) is 22.9 Å². The smallest absolute Gasteiger partial charge is 0.282 e. The van der Waals surface area contributed by atoms with Crippen LogP contribution in [-0.2, 0) is 13.1 Å². The van der Waals surface area contributed by atoms with Gasteiger partial charge in [0.2, 0.25) is 12.6 Å². The molecule has 2 N–H and O–H groups in total. The number of benzene rings is 2. The molecule has 0 spiro atoms. The first kappa shape index (κ1) is 17.2. The zero-order chi connectivity index (χ0) is 18.8. The van der Waals surface area contributed by atoms with Crippen molar-refractivity contribution in [2.24, 2.45) is 0 Å². The van der Waals surface area contributed by atoms with E-state index < -0.39 is 0 Å². The Morgan fingerprint density at radius 2 is 1.57 bits per heavy atom. The molecule has 0 atom stereocenters. The van der Waals surface area contributed by atoms with Gasteiger partial charge in [-0.1, -0.05) is 35.5 Å². The molecule has 0 aliphatic carbocycles. The lowest BCUT2D eigenvalue weighted by molar-refractivity contribution is -1.02. The summed E-state index contributed by atoms with van der Waals surface area (Å²) >= 11 is 0. The number of ether oxygens (including phenoxy) is 2. The first-order valence-corrected chi connectivity index (χ1v) is 9.77. The van der Waals surface area contributed by atoms with Crippen molar-refractivity contribution in [2.75, 3.05) is 33.0 Å². The molecule has 7 heteroatoms. The van der Waals surface area contributed by atoms with E-state index in [1.807, 2.05) is 36.4 Å². The lowest BCUT2D eigenvalue weighted by Gasteiger charge is -2.29. The van der Waals surface area contributed by atoms with Crippen molar-refractivity contribution in [3.05, 3.63) is 60.0 Å². The minimum atomic E-state index is 0.329. The normalized spacial score (nSPS) is 21.0. The van der Waals surface area contributed by atoms with Crippen LogP contribution in [-0.4, -0.2) is 43.1 Å². The lowest BCUT2D eigenvalue weighted by atomic mass is 10.1. The first-order chi connectivity index (χ1) is 13.8. The number of hydrogen-bond donors (Lipinski definition) is 2. The van der Waals surface area contributed by atoms with Crippen molar-refractivity contribution >= 4 is 0 Å². The summed E-state index contributed by atoms with van der Waals surface area (Å²) in [6, 6.07) is 16.2. The van der Waals surface area contributed by atoms with Gasteiger partial charge < -0.3 is 23.8 Å². The summed E-state index contributed by atoms with van der Waals surface area (Å²) in [5, 5.41) is 4.12. The Morgan fingerprint density at radius 3 is 2.39 bits per heavy atom. The monoisotopic (exact) mass is 380 g/mol. The molecule has 144 valence electrons. The Balaban J connectivity index is 1.14. The predicted octanol–water partition coefficient (Wildman–Crippen LogP) is -0.0511. The standard InChI is InChI=1S/C21H22N4O3/c1-2-4-17(5-3-1)21-22-20(28-23-21)14-25-10-8-24(9-11-25)13-16-6-7-18-19(12-16)27-15-26-18/h1-7,12H,8-11,13-15H2/p+2. The van der Waals surface area contributed by atoms with Crippen LogP contribution in [0.1, 0.15) is 11.5 Å². The second-order valence-corrected chi connectivity index (χ2v) is 7.42. The van der Waals surface area contributed by atoms with Crippen LogP contribution in [0.4, 0.5) is 0 Å². The van der Waals surface area contributed by atoms with Gasteiger partial charge in [-0.25, -0.2) is 0 Å². The highest BCUT2D eigenvalue weighted by molar-refractivity contribution is 5.53. The molecule has 7 nitrogen and oxygen atoms in total. The highest BCUT2D eigenvalue weighted by atomic mass is 16.7. The quantitative estimate of drug-likeness (QED) is 0.650. The second kappa shape index (κ2) is 7.61. The number of rotatable bonds is 5. The van der Waals surface area contributed by atoms with E-state index in [2.05, 4.69) is 22.3 Å². The molecule has 0 radical (unpaired) electrons. The molecular weight excluding hydrogens is 356 g/mol. The van der Waals surface area contributed by atoms with E-state index in [9.17, 15) is 0 Å². The van der Waals surface area contributed by atoms with Crippen molar-refractivity contribution < 1.29 is 23.8 Å². The zero-order valence-electron chi connectivity index (χ0n) is 15.7. The van der Waals surface area contributed by atoms with Crippen molar-refractivity contribution in [1.82, 2.24) is 10.1 Å². The van der Waals surface area contributed by atoms with E-state index in [-0.39, 0.29) is 0 Å². The molecule has 0 saturated carbocycles. The maximum atomic E-state index is 5.49. The minimum Gasteiger partial charge on any atom is -0.454 e. The van der Waals surface area contributed by atoms with Crippen LogP contribution in [0.15, 0.2) is 53.1 Å². The van der Waals surface area contributed by atoms with E-state index in [4.69, 9.17) is 14.0 Å². The summed E-state index contributed by atoms with van der Waals surface area (Å²) in [5.41, 5.74) is 2.29. The molecule has 0 amide bonds. The van der Waals surface area contributed by atoms with Crippen LogP contribution in [0.3, 0.4) is 0 Å². The van der Waals surface area contributed by atoms with Crippen LogP contribution in [0, 0.1) is 0 Å². The molecule has 1 aromatic heterocycles. The van der Waals surface area contributed by atoms with Crippen molar-refractivity contribution in [2.45, 2.75) is 13.1 Å². The average molecular weight is 380 g/mol. The molecule has 28 heavy (non-hydrogen) atoms. The largest absolute Gasteiger partial charge is 0.454 e. The number of hydrogen-bond acceptors (Lipinski definition) is 5. The van der Waals surface area contributed by atoms with Gasteiger partial charge >= 0.3 is 0 Å². The van der Waals surface area contributed by atoms with Crippen LogP contribution in [0.5, 0.6) is 11.5 Å².